The van der Waals surface area contributed by atoms with Gasteiger partial charge in [-0.05, 0) is 50.5 Å². The lowest BCUT2D eigenvalue weighted by Gasteiger charge is -2.09. The van der Waals surface area contributed by atoms with Crippen molar-refractivity contribution >= 4 is 15.9 Å². The van der Waals surface area contributed by atoms with E-state index in [2.05, 4.69) is 25.9 Å². The second kappa shape index (κ2) is 5.29. The van der Waals surface area contributed by atoms with Crippen LogP contribution in [-0.2, 0) is 6.42 Å². The van der Waals surface area contributed by atoms with Crippen molar-refractivity contribution in [2.45, 2.75) is 34.1 Å². The second-order valence-corrected chi connectivity index (χ2v) is 5.55. The summed E-state index contributed by atoms with van der Waals surface area (Å²) in [6.07, 6.45) is 0.701. The predicted molar refractivity (Wildman–Crippen MR) is 81.6 cm³/mol. The minimum Gasteiger partial charge on any atom is -0.306 e. The Labute approximate surface area is 121 Å². The van der Waals surface area contributed by atoms with Crippen molar-refractivity contribution in [1.82, 2.24) is 9.97 Å². The third-order valence-corrected chi connectivity index (χ3v) is 4.54. The summed E-state index contributed by atoms with van der Waals surface area (Å²) in [7, 11) is 0. The van der Waals surface area contributed by atoms with Gasteiger partial charge in [0, 0.05) is 21.3 Å². The van der Waals surface area contributed by atoms with Gasteiger partial charge in [0.2, 0.25) is 0 Å². The number of nitrogens with one attached hydrogen (secondary N) is 1. The maximum Gasteiger partial charge on any atom is 0.254 e. The van der Waals surface area contributed by atoms with Gasteiger partial charge in [-0.3, -0.25) is 4.79 Å². The van der Waals surface area contributed by atoms with Crippen LogP contribution in [0.4, 0.5) is 0 Å². The Hall–Kier alpha value is -1.42. The molecule has 4 heteroatoms. The summed E-state index contributed by atoms with van der Waals surface area (Å²) in [6, 6.07) is 4.06. The molecule has 19 heavy (non-hydrogen) atoms. The average molecular weight is 321 g/mol. The number of benzene rings is 1. The van der Waals surface area contributed by atoms with Gasteiger partial charge in [-0.15, -0.1) is 0 Å². The van der Waals surface area contributed by atoms with E-state index in [1.807, 2.05) is 39.8 Å². The largest absolute Gasteiger partial charge is 0.306 e. The lowest BCUT2D eigenvalue weighted by molar-refractivity contribution is 0.967. The third-order valence-electron chi connectivity index (χ3n) is 3.29. The molecule has 1 N–H and O–H groups in total. The normalized spacial score (nSPS) is 10.8. The average Bonchev–Trinajstić information content (AvgIpc) is 2.35. The Morgan fingerprint density at radius 3 is 2.26 bits per heavy atom. The number of hydrogen-bond acceptors (Lipinski definition) is 2. The van der Waals surface area contributed by atoms with Crippen LogP contribution in [0.3, 0.4) is 0 Å². The smallest absolute Gasteiger partial charge is 0.254 e. The molecule has 0 aliphatic carbocycles. The van der Waals surface area contributed by atoms with E-state index in [0.29, 0.717) is 12.2 Å². The van der Waals surface area contributed by atoms with E-state index in [4.69, 9.17) is 0 Å². The van der Waals surface area contributed by atoms with Gasteiger partial charge >= 0.3 is 0 Å². The van der Waals surface area contributed by atoms with Gasteiger partial charge in [-0.25, -0.2) is 4.98 Å². The van der Waals surface area contributed by atoms with Crippen LogP contribution < -0.4 is 5.56 Å². The van der Waals surface area contributed by atoms with Crippen LogP contribution in [-0.4, -0.2) is 9.97 Å². The molecule has 0 radical (unpaired) electrons. The van der Waals surface area contributed by atoms with Gasteiger partial charge in [0.1, 0.15) is 5.82 Å². The van der Waals surface area contributed by atoms with Gasteiger partial charge in [0.25, 0.3) is 5.56 Å². The van der Waals surface area contributed by atoms with Crippen LogP contribution in [0.25, 0.3) is 11.4 Å². The highest BCUT2D eigenvalue weighted by atomic mass is 79.9. The summed E-state index contributed by atoms with van der Waals surface area (Å²) in [5.41, 5.74) is 4.74. The van der Waals surface area contributed by atoms with Crippen molar-refractivity contribution < 1.29 is 0 Å². The lowest BCUT2D eigenvalue weighted by atomic mass is 10.1. The van der Waals surface area contributed by atoms with Crippen molar-refractivity contribution in [3.63, 3.8) is 0 Å². The molecule has 0 bridgehead atoms. The molecule has 0 unspecified atom stereocenters. The Balaban J connectivity index is 2.63. The maximum atomic E-state index is 12.0. The van der Waals surface area contributed by atoms with Gasteiger partial charge < -0.3 is 4.98 Å². The fourth-order valence-electron chi connectivity index (χ4n) is 2.25. The number of hydrogen-bond donors (Lipinski definition) is 1. The molecule has 2 rings (SSSR count). The monoisotopic (exact) mass is 320 g/mol. The summed E-state index contributed by atoms with van der Waals surface area (Å²) in [5.74, 6) is 0.637. The molecule has 0 spiro atoms. The summed E-state index contributed by atoms with van der Waals surface area (Å²) in [6.45, 7) is 7.92. The molecule has 1 heterocycles. The first-order valence-electron chi connectivity index (χ1n) is 6.31. The van der Waals surface area contributed by atoms with Gasteiger partial charge in [0.05, 0.1) is 0 Å². The number of H-pyrrole nitrogens is 1. The quantitative estimate of drug-likeness (QED) is 0.917. The molecular formula is C15H17BrN2O. The van der Waals surface area contributed by atoms with Crippen LogP contribution in [0.2, 0.25) is 0 Å². The lowest BCUT2D eigenvalue weighted by Crippen LogP contribution is -2.16. The Kier molecular flexibility index (Phi) is 3.90. The number of aromatic amines is 1. The minimum absolute atomic E-state index is 0.0387. The van der Waals surface area contributed by atoms with Gasteiger partial charge in [-0.1, -0.05) is 22.9 Å². The molecule has 100 valence electrons. The minimum atomic E-state index is -0.0387. The zero-order chi connectivity index (χ0) is 14.2. The fraction of sp³-hybridized carbons (Fsp3) is 0.333. The molecule has 0 aliphatic heterocycles. The van der Waals surface area contributed by atoms with Crippen LogP contribution in [0, 0.1) is 20.8 Å². The molecule has 0 atom stereocenters. The first-order chi connectivity index (χ1) is 8.93. The Morgan fingerprint density at radius 2 is 1.79 bits per heavy atom. The van der Waals surface area contributed by atoms with Crippen molar-refractivity contribution in [2.24, 2.45) is 0 Å². The second-order valence-electron chi connectivity index (χ2n) is 4.76. The molecule has 3 nitrogen and oxygen atoms in total. The topological polar surface area (TPSA) is 45.8 Å². The predicted octanol–water partition coefficient (Wildman–Crippen LogP) is 3.69. The third kappa shape index (κ3) is 2.63. The van der Waals surface area contributed by atoms with E-state index in [1.54, 1.807) is 0 Å². The SMILES string of the molecule is CCc1c(C)nc(-c2cc(C)c(Br)c(C)c2)[nH]c1=O. The van der Waals surface area contributed by atoms with E-state index in [-0.39, 0.29) is 5.56 Å². The van der Waals surface area contributed by atoms with Crippen molar-refractivity contribution in [3.8, 4) is 11.4 Å². The summed E-state index contributed by atoms with van der Waals surface area (Å²) < 4.78 is 1.10. The molecular weight excluding hydrogens is 304 g/mol. The molecule has 1 aromatic heterocycles. The summed E-state index contributed by atoms with van der Waals surface area (Å²) in [5, 5.41) is 0. The molecule has 2 aromatic rings. The first kappa shape index (κ1) is 14.0. The summed E-state index contributed by atoms with van der Waals surface area (Å²) in [4.78, 5) is 19.4. The summed E-state index contributed by atoms with van der Waals surface area (Å²) >= 11 is 3.55. The molecule has 0 fully saturated rings. The van der Waals surface area contributed by atoms with Crippen molar-refractivity contribution in [3.05, 3.63) is 49.3 Å². The molecule has 0 saturated heterocycles. The maximum absolute atomic E-state index is 12.0. The van der Waals surface area contributed by atoms with Crippen molar-refractivity contribution in [1.29, 1.82) is 0 Å². The zero-order valence-electron chi connectivity index (χ0n) is 11.6. The number of rotatable bonds is 2. The number of aromatic nitrogens is 2. The van der Waals surface area contributed by atoms with Crippen LogP contribution >= 0.6 is 15.9 Å². The van der Waals surface area contributed by atoms with Gasteiger partial charge in [-0.2, -0.15) is 0 Å². The fourth-order valence-corrected chi connectivity index (χ4v) is 2.48. The first-order valence-corrected chi connectivity index (χ1v) is 7.10. The van der Waals surface area contributed by atoms with E-state index in [0.717, 1.165) is 32.4 Å². The van der Waals surface area contributed by atoms with Gasteiger partial charge in [0.15, 0.2) is 0 Å². The molecule has 0 amide bonds. The number of halogens is 1. The van der Waals surface area contributed by atoms with Crippen molar-refractivity contribution in [2.75, 3.05) is 0 Å². The number of aryl methyl sites for hydroxylation is 3. The highest BCUT2D eigenvalue weighted by Gasteiger charge is 2.10. The van der Waals surface area contributed by atoms with Crippen LogP contribution in [0.5, 0.6) is 0 Å². The molecule has 0 saturated carbocycles. The Morgan fingerprint density at radius 1 is 1.21 bits per heavy atom. The standard InChI is InChI=1S/C15H17BrN2O/c1-5-12-10(4)17-14(18-15(12)19)11-6-8(2)13(16)9(3)7-11/h6-7H,5H2,1-4H3,(H,17,18,19). The number of nitrogens with zero attached hydrogens (tertiary/aromatic N) is 1. The van der Waals surface area contributed by atoms with Crippen LogP contribution in [0.15, 0.2) is 21.4 Å². The van der Waals surface area contributed by atoms with Crippen LogP contribution in [0.1, 0.15) is 29.3 Å². The van der Waals surface area contributed by atoms with E-state index in [1.165, 1.54) is 0 Å². The van der Waals surface area contributed by atoms with E-state index in [9.17, 15) is 4.79 Å². The van der Waals surface area contributed by atoms with E-state index >= 15 is 0 Å². The Bertz CT molecular complexity index is 666. The highest BCUT2D eigenvalue weighted by Crippen LogP contribution is 2.26. The highest BCUT2D eigenvalue weighted by molar-refractivity contribution is 9.10. The molecule has 1 aromatic carbocycles. The molecule has 0 aliphatic rings. The zero-order valence-corrected chi connectivity index (χ0v) is 13.2. The van der Waals surface area contributed by atoms with E-state index < -0.39 is 0 Å².